The van der Waals surface area contributed by atoms with Crippen LogP contribution in [0.2, 0.25) is 0 Å². The molecule has 6 rings (SSSR count). The third-order valence-electron chi connectivity index (χ3n) is 6.95. The Morgan fingerprint density at radius 1 is 1.08 bits per heavy atom. The van der Waals surface area contributed by atoms with Crippen molar-refractivity contribution in [1.29, 1.82) is 0 Å². The minimum Gasteiger partial charge on any atom is -0.355 e. The predicted molar refractivity (Wildman–Crippen MR) is 140 cm³/mol. The quantitative estimate of drug-likeness (QED) is 0.281. The summed E-state index contributed by atoms with van der Waals surface area (Å²) in [5.74, 6) is -0.186. The van der Waals surface area contributed by atoms with Gasteiger partial charge >= 0.3 is 6.18 Å². The lowest BCUT2D eigenvalue weighted by Gasteiger charge is -2.33. The molecule has 4 heterocycles. The molecule has 1 amide bonds. The molecule has 0 spiro atoms. The van der Waals surface area contributed by atoms with Crippen LogP contribution in [0, 0.1) is 11.7 Å². The van der Waals surface area contributed by atoms with Gasteiger partial charge in [-0.25, -0.2) is 19.0 Å². The summed E-state index contributed by atoms with van der Waals surface area (Å²) in [6.07, 6.45) is 0.0866. The van der Waals surface area contributed by atoms with Crippen molar-refractivity contribution in [2.45, 2.75) is 25.6 Å². The first-order chi connectivity index (χ1) is 18.8. The van der Waals surface area contributed by atoms with E-state index >= 15 is 0 Å². The monoisotopic (exact) mass is 554 g/mol. The number of anilines is 1. The smallest absolute Gasteiger partial charge is 0.355 e. The highest BCUT2D eigenvalue weighted by molar-refractivity contribution is 7.17. The molecule has 12 heteroatoms. The van der Waals surface area contributed by atoms with E-state index in [4.69, 9.17) is 0 Å². The number of piperidine rings is 1. The van der Waals surface area contributed by atoms with Crippen LogP contribution in [0.5, 0.6) is 0 Å². The van der Waals surface area contributed by atoms with Gasteiger partial charge < -0.3 is 10.2 Å². The number of hydrogen-bond donors (Lipinski definition) is 1. The molecule has 0 radical (unpaired) electrons. The third kappa shape index (κ3) is 4.91. The highest BCUT2D eigenvalue weighted by Gasteiger charge is 2.30. The summed E-state index contributed by atoms with van der Waals surface area (Å²) in [5, 5.41) is 10.3. The number of benzene rings is 2. The van der Waals surface area contributed by atoms with Crippen molar-refractivity contribution in [1.82, 2.24) is 25.1 Å². The van der Waals surface area contributed by atoms with Gasteiger partial charge in [0.05, 0.1) is 22.6 Å². The average molecular weight is 555 g/mol. The largest absolute Gasteiger partial charge is 0.416 e. The van der Waals surface area contributed by atoms with E-state index in [0.717, 1.165) is 23.3 Å². The lowest BCUT2D eigenvalue weighted by molar-refractivity contribution is -0.137. The maximum absolute atomic E-state index is 14.8. The summed E-state index contributed by atoms with van der Waals surface area (Å²) >= 11 is 1.47. The molecule has 1 N–H and O–H groups in total. The molecule has 2 aromatic carbocycles. The van der Waals surface area contributed by atoms with E-state index in [1.165, 1.54) is 34.5 Å². The molecule has 200 valence electrons. The minimum atomic E-state index is -4.42. The normalized spacial score (nSPS) is 16.2. The number of rotatable bonds is 5. The molecule has 0 aliphatic carbocycles. The van der Waals surface area contributed by atoms with Gasteiger partial charge in [-0.05, 0) is 54.6 Å². The standard InChI is InChI=1S/C27H22F4N6OS/c28-23-16(3-8-22-20(23)9-11-39-22)12-32-26(38)17-2-1-10-36(13-17)25-21-14-37(35-24(21)33-15-34-25)19-6-4-18(5-7-19)27(29,30)31/h3-9,11,14-15,17H,1-2,10,12-13H2,(H,32,38). The van der Waals surface area contributed by atoms with Crippen LogP contribution in [0.1, 0.15) is 24.0 Å². The van der Waals surface area contributed by atoms with Gasteiger partial charge in [-0.15, -0.1) is 16.4 Å². The Morgan fingerprint density at radius 2 is 1.90 bits per heavy atom. The van der Waals surface area contributed by atoms with E-state index in [-0.39, 0.29) is 24.2 Å². The summed E-state index contributed by atoms with van der Waals surface area (Å²) in [7, 11) is 0. The van der Waals surface area contributed by atoms with Crippen molar-refractivity contribution in [3.05, 3.63) is 77.3 Å². The number of hydrogen-bond acceptors (Lipinski definition) is 6. The SMILES string of the molecule is O=C(NCc1ccc2sccc2c1F)C1CCCN(c2ncnc3nn(-c4ccc(C(F)(F)F)cc4)cc23)C1. The average Bonchev–Trinajstić information content (AvgIpc) is 3.60. The number of thiophene rings is 1. The van der Waals surface area contributed by atoms with E-state index in [9.17, 15) is 22.4 Å². The minimum absolute atomic E-state index is 0.102. The van der Waals surface area contributed by atoms with Crippen molar-refractivity contribution in [2.75, 3.05) is 18.0 Å². The van der Waals surface area contributed by atoms with Gasteiger partial charge in [0.2, 0.25) is 5.91 Å². The maximum Gasteiger partial charge on any atom is 0.416 e. The molecule has 3 aromatic heterocycles. The summed E-state index contributed by atoms with van der Waals surface area (Å²) < 4.78 is 56.0. The molecule has 0 saturated carbocycles. The number of nitrogens with zero attached hydrogens (tertiary/aromatic N) is 5. The van der Waals surface area contributed by atoms with Crippen LogP contribution >= 0.6 is 11.3 Å². The van der Waals surface area contributed by atoms with Gasteiger partial charge in [0.15, 0.2) is 5.65 Å². The number of halogens is 4. The fourth-order valence-electron chi connectivity index (χ4n) is 4.91. The molecule has 1 aliphatic rings. The molecular formula is C27H22F4N6OS. The maximum atomic E-state index is 14.8. The Bertz CT molecular complexity index is 1660. The number of carbonyl (C=O) groups excluding carboxylic acids is 1. The topological polar surface area (TPSA) is 75.9 Å². The molecule has 1 aliphatic heterocycles. The van der Waals surface area contributed by atoms with Crippen molar-refractivity contribution in [3.8, 4) is 5.69 Å². The van der Waals surface area contributed by atoms with Crippen molar-refractivity contribution < 1.29 is 22.4 Å². The fraction of sp³-hybridized carbons (Fsp3) is 0.259. The first kappa shape index (κ1) is 25.2. The molecule has 1 fully saturated rings. The highest BCUT2D eigenvalue weighted by Crippen LogP contribution is 2.31. The van der Waals surface area contributed by atoms with Gasteiger partial charge in [-0.3, -0.25) is 4.79 Å². The number of aromatic nitrogens is 4. The van der Waals surface area contributed by atoms with Crippen LogP contribution in [0.15, 0.2) is 60.4 Å². The van der Waals surface area contributed by atoms with Gasteiger partial charge in [-0.1, -0.05) is 6.07 Å². The Balaban J connectivity index is 1.18. The highest BCUT2D eigenvalue weighted by atomic mass is 32.1. The molecule has 0 bridgehead atoms. The number of alkyl halides is 3. The first-order valence-electron chi connectivity index (χ1n) is 12.3. The number of fused-ring (bicyclic) bond motifs is 2. The number of carbonyl (C=O) groups is 1. The second-order valence-corrected chi connectivity index (χ2v) is 10.4. The summed E-state index contributed by atoms with van der Waals surface area (Å²) in [4.78, 5) is 23.7. The van der Waals surface area contributed by atoms with E-state index in [1.54, 1.807) is 18.3 Å². The second-order valence-electron chi connectivity index (χ2n) is 9.43. The number of nitrogens with one attached hydrogen (secondary N) is 1. The van der Waals surface area contributed by atoms with Crippen LogP contribution in [0.25, 0.3) is 26.8 Å². The molecule has 39 heavy (non-hydrogen) atoms. The van der Waals surface area contributed by atoms with Crippen molar-refractivity contribution in [3.63, 3.8) is 0 Å². The molecule has 7 nitrogen and oxygen atoms in total. The van der Waals surface area contributed by atoms with Crippen LogP contribution < -0.4 is 10.2 Å². The third-order valence-corrected chi connectivity index (χ3v) is 7.83. The zero-order valence-electron chi connectivity index (χ0n) is 20.5. The predicted octanol–water partition coefficient (Wildman–Crippen LogP) is 5.72. The van der Waals surface area contributed by atoms with Gasteiger partial charge in [0.1, 0.15) is 18.0 Å². The van der Waals surface area contributed by atoms with Crippen molar-refractivity contribution in [2.24, 2.45) is 5.92 Å². The van der Waals surface area contributed by atoms with Gasteiger partial charge in [0.25, 0.3) is 0 Å². The van der Waals surface area contributed by atoms with Crippen LogP contribution in [0.4, 0.5) is 23.4 Å². The van der Waals surface area contributed by atoms with Gasteiger partial charge in [-0.2, -0.15) is 13.2 Å². The Hall–Kier alpha value is -4.06. The number of amides is 1. The van der Waals surface area contributed by atoms with Gasteiger partial charge in [0, 0.05) is 41.5 Å². The van der Waals surface area contributed by atoms with Crippen LogP contribution in [-0.4, -0.2) is 38.7 Å². The summed E-state index contributed by atoms with van der Waals surface area (Å²) in [5.41, 5.74) is 0.549. The fourth-order valence-corrected chi connectivity index (χ4v) is 5.70. The van der Waals surface area contributed by atoms with E-state index in [1.807, 2.05) is 16.3 Å². The molecule has 1 atom stereocenters. The Labute approximate surface area is 224 Å². The van der Waals surface area contributed by atoms with Crippen LogP contribution in [0.3, 0.4) is 0 Å². The summed E-state index contributed by atoms with van der Waals surface area (Å²) in [6.45, 7) is 1.19. The molecule has 1 saturated heterocycles. The lowest BCUT2D eigenvalue weighted by atomic mass is 9.97. The molecule has 5 aromatic rings. The van der Waals surface area contributed by atoms with Crippen LogP contribution in [-0.2, 0) is 17.5 Å². The molecular weight excluding hydrogens is 532 g/mol. The van der Waals surface area contributed by atoms with E-state index in [0.29, 0.717) is 53.0 Å². The Kier molecular flexibility index (Phi) is 6.42. The van der Waals surface area contributed by atoms with E-state index < -0.39 is 11.7 Å². The first-order valence-corrected chi connectivity index (χ1v) is 13.2. The zero-order chi connectivity index (χ0) is 27.1. The van der Waals surface area contributed by atoms with E-state index in [2.05, 4.69) is 20.4 Å². The van der Waals surface area contributed by atoms with Crippen molar-refractivity contribution >= 4 is 44.2 Å². The zero-order valence-corrected chi connectivity index (χ0v) is 21.3. The molecule has 1 unspecified atom stereocenters. The Morgan fingerprint density at radius 3 is 2.69 bits per heavy atom. The lowest BCUT2D eigenvalue weighted by Crippen LogP contribution is -2.43. The summed E-state index contributed by atoms with van der Waals surface area (Å²) in [6, 6.07) is 10.0. The second kappa shape index (κ2) is 9.92.